The van der Waals surface area contributed by atoms with Crippen molar-refractivity contribution in [3.63, 3.8) is 0 Å². The van der Waals surface area contributed by atoms with E-state index in [1.54, 1.807) is 18.2 Å². The maximum atomic E-state index is 13.3. The molecule has 1 unspecified atom stereocenters. The molecule has 0 saturated heterocycles. The van der Waals surface area contributed by atoms with Gasteiger partial charge in [-0.05, 0) is 42.0 Å². The number of fused-ring (bicyclic) bond motifs is 2. The number of para-hydroxylation sites is 4. The number of aromatic amines is 1. The molecular weight excluding hydrogens is 459 g/mol. The van der Waals surface area contributed by atoms with Gasteiger partial charge in [0.1, 0.15) is 5.52 Å². The molecule has 2 aromatic heterocycles. The van der Waals surface area contributed by atoms with Crippen molar-refractivity contribution < 1.29 is 22.4 Å². The van der Waals surface area contributed by atoms with Crippen LogP contribution in [-0.4, -0.2) is 20.9 Å². The molecule has 0 bridgehead atoms. The Kier molecular flexibility index (Phi) is 5.86. The van der Waals surface area contributed by atoms with E-state index in [2.05, 4.69) is 25.6 Å². The van der Waals surface area contributed by atoms with Crippen molar-refractivity contribution in [3.05, 3.63) is 89.8 Å². The zero-order valence-corrected chi connectivity index (χ0v) is 18.3. The predicted molar refractivity (Wildman–Crippen MR) is 124 cm³/mol. The second kappa shape index (κ2) is 9.13. The number of amides is 1. The largest absolute Gasteiger partial charge is 0.439 e. The van der Waals surface area contributed by atoms with Gasteiger partial charge in [0, 0.05) is 0 Å². The van der Waals surface area contributed by atoms with Gasteiger partial charge in [-0.2, -0.15) is 13.2 Å². The lowest BCUT2D eigenvalue weighted by Gasteiger charge is -2.19. The molecule has 0 aliphatic carbocycles. The number of anilines is 1. The molecule has 0 radical (unpaired) electrons. The Bertz CT molecular complexity index is 1430. The van der Waals surface area contributed by atoms with E-state index in [1.807, 2.05) is 36.4 Å². The summed E-state index contributed by atoms with van der Waals surface area (Å²) in [7, 11) is 0. The average Bonchev–Trinajstić information content (AvgIpc) is 3.45. The van der Waals surface area contributed by atoms with Gasteiger partial charge in [-0.3, -0.25) is 4.79 Å². The van der Waals surface area contributed by atoms with Crippen LogP contribution in [0.1, 0.15) is 29.5 Å². The molecule has 0 saturated carbocycles. The van der Waals surface area contributed by atoms with Crippen molar-refractivity contribution in [1.82, 2.24) is 20.3 Å². The minimum absolute atomic E-state index is 0.0491. The van der Waals surface area contributed by atoms with E-state index in [0.29, 0.717) is 34.0 Å². The predicted octanol–water partition coefficient (Wildman–Crippen LogP) is 5.58. The van der Waals surface area contributed by atoms with Gasteiger partial charge in [-0.15, -0.1) is 0 Å². The Balaban J connectivity index is 1.36. The maximum absolute atomic E-state index is 13.3. The standard InChI is InChI=1S/C25H20F3N5O2/c26-25(27,28)16-7-5-6-15(12-16)20(33-24-31-17-8-1-2-9-18(17)32-24)13-22(34)29-14-23-30-19-10-3-4-11-21(19)35-23/h1-12,20H,13-14H2,(H,29,34)(H2,31,32,33). The molecule has 2 heterocycles. The van der Waals surface area contributed by atoms with E-state index in [-0.39, 0.29) is 13.0 Å². The van der Waals surface area contributed by atoms with Crippen molar-refractivity contribution in [2.75, 3.05) is 5.32 Å². The molecule has 7 nitrogen and oxygen atoms in total. The van der Waals surface area contributed by atoms with E-state index < -0.39 is 23.7 Å². The number of alkyl halides is 3. The molecule has 0 aliphatic rings. The average molecular weight is 479 g/mol. The normalized spacial score (nSPS) is 12.7. The van der Waals surface area contributed by atoms with E-state index in [9.17, 15) is 18.0 Å². The molecular formula is C25H20F3N5O2. The van der Waals surface area contributed by atoms with Crippen LogP contribution in [0.3, 0.4) is 0 Å². The molecule has 3 aromatic carbocycles. The highest BCUT2D eigenvalue weighted by Crippen LogP contribution is 2.32. The third-order valence-electron chi connectivity index (χ3n) is 5.48. The van der Waals surface area contributed by atoms with Crippen LogP contribution in [-0.2, 0) is 17.5 Å². The zero-order chi connectivity index (χ0) is 24.4. The summed E-state index contributed by atoms with van der Waals surface area (Å²) in [5.74, 6) is 0.291. The summed E-state index contributed by atoms with van der Waals surface area (Å²) in [4.78, 5) is 24.6. The number of benzene rings is 3. The summed E-state index contributed by atoms with van der Waals surface area (Å²) in [5.41, 5.74) is 2.24. The lowest BCUT2D eigenvalue weighted by molar-refractivity contribution is -0.137. The summed E-state index contributed by atoms with van der Waals surface area (Å²) in [6.07, 6.45) is -4.65. The first-order valence-corrected chi connectivity index (χ1v) is 10.8. The van der Waals surface area contributed by atoms with Gasteiger partial charge >= 0.3 is 6.18 Å². The van der Waals surface area contributed by atoms with Gasteiger partial charge in [0.2, 0.25) is 17.7 Å². The monoisotopic (exact) mass is 479 g/mol. The van der Waals surface area contributed by atoms with Crippen molar-refractivity contribution in [3.8, 4) is 0 Å². The highest BCUT2D eigenvalue weighted by atomic mass is 19.4. The highest BCUT2D eigenvalue weighted by molar-refractivity contribution is 5.79. The maximum Gasteiger partial charge on any atom is 0.416 e. The Morgan fingerprint density at radius 1 is 0.971 bits per heavy atom. The van der Waals surface area contributed by atoms with Crippen LogP contribution in [0, 0.1) is 0 Å². The second-order valence-corrected chi connectivity index (χ2v) is 7.98. The van der Waals surface area contributed by atoms with Crippen LogP contribution in [0.15, 0.2) is 77.2 Å². The number of aromatic nitrogens is 3. The van der Waals surface area contributed by atoms with Gasteiger partial charge in [0.05, 0.1) is 35.6 Å². The number of carbonyl (C=O) groups excluding carboxylic acids is 1. The molecule has 10 heteroatoms. The van der Waals surface area contributed by atoms with Crippen molar-refractivity contribution in [2.24, 2.45) is 0 Å². The zero-order valence-electron chi connectivity index (χ0n) is 18.3. The first-order chi connectivity index (χ1) is 16.8. The molecule has 0 fully saturated rings. The van der Waals surface area contributed by atoms with Crippen molar-refractivity contribution >= 4 is 34.0 Å². The Morgan fingerprint density at radius 3 is 2.51 bits per heavy atom. The van der Waals surface area contributed by atoms with Gasteiger partial charge < -0.3 is 20.0 Å². The summed E-state index contributed by atoms with van der Waals surface area (Å²) in [6.45, 7) is 0.0491. The number of oxazole rings is 1. The molecule has 1 amide bonds. The molecule has 0 aliphatic heterocycles. The van der Waals surface area contributed by atoms with Crippen molar-refractivity contribution in [1.29, 1.82) is 0 Å². The number of H-pyrrole nitrogens is 1. The van der Waals surface area contributed by atoms with Crippen molar-refractivity contribution in [2.45, 2.75) is 25.2 Å². The van der Waals surface area contributed by atoms with E-state index >= 15 is 0 Å². The molecule has 1 atom stereocenters. The number of hydrogen-bond donors (Lipinski definition) is 3. The number of imidazole rings is 1. The minimum atomic E-state index is -4.50. The topological polar surface area (TPSA) is 95.8 Å². The quantitative estimate of drug-likeness (QED) is 0.283. The number of nitrogens with one attached hydrogen (secondary N) is 3. The SMILES string of the molecule is O=C(CC(Nc1nc2ccccc2[nH]1)c1cccc(C(F)(F)F)c1)NCc1nc2ccccc2o1. The Morgan fingerprint density at radius 2 is 1.74 bits per heavy atom. The fraction of sp³-hybridized carbons (Fsp3) is 0.160. The molecule has 0 spiro atoms. The lowest BCUT2D eigenvalue weighted by Crippen LogP contribution is -2.27. The van der Waals surface area contributed by atoms with Gasteiger partial charge in [-0.25, -0.2) is 9.97 Å². The molecule has 5 rings (SSSR count). The summed E-state index contributed by atoms with van der Waals surface area (Å²) in [5, 5.41) is 5.81. The van der Waals surface area contributed by atoms with E-state index in [4.69, 9.17) is 4.42 Å². The number of hydrogen-bond acceptors (Lipinski definition) is 5. The Labute approximate surface area is 197 Å². The summed E-state index contributed by atoms with van der Waals surface area (Å²) < 4.78 is 45.6. The molecule has 5 aromatic rings. The fourth-order valence-corrected chi connectivity index (χ4v) is 3.80. The van der Waals surface area contributed by atoms with Gasteiger partial charge in [0.15, 0.2) is 5.58 Å². The lowest BCUT2D eigenvalue weighted by atomic mass is 10.0. The van der Waals surface area contributed by atoms with Crippen LogP contribution in [0.5, 0.6) is 0 Å². The minimum Gasteiger partial charge on any atom is -0.439 e. The number of nitrogens with zero attached hydrogens (tertiary/aromatic N) is 2. The van der Waals surface area contributed by atoms with Gasteiger partial charge in [0.25, 0.3) is 0 Å². The Hall–Kier alpha value is -4.34. The van der Waals surface area contributed by atoms with Crippen LogP contribution < -0.4 is 10.6 Å². The number of halogens is 3. The van der Waals surface area contributed by atoms with Crippen LogP contribution in [0.4, 0.5) is 19.1 Å². The molecule has 35 heavy (non-hydrogen) atoms. The summed E-state index contributed by atoms with van der Waals surface area (Å²) in [6, 6.07) is 18.7. The third kappa shape index (κ3) is 5.11. The van der Waals surface area contributed by atoms with Gasteiger partial charge in [-0.1, -0.05) is 36.4 Å². The van der Waals surface area contributed by atoms with Crippen LogP contribution in [0.2, 0.25) is 0 Å². The highest BCUT2D eigenvalue weighted by Gasteiger charge is 2.31. The first kappa shape index (κ1) is 22.5. The molecule has 178 valence electrons. The smallest absolute Gasteiger partial charge is 0.416 e. The number of carbonyl (C=O) groups is 1. The first-order valence-electron chi connectivity index (χ1n) is 10.8. The summed E-state index contributed by atoms with van der Waals surface area (Å²) >= 11 is 0. The third-order valence-corrected chi connectivity index (χ3v) is 5.48. The molecule has 3 N–H and O–H groups in total. The number of rotatable bonds is 7. The van der Waals surface area contributed by atoms with Crippen LogP contribution >= 0.6 is 0 Å². The van der Waals surface area contributed by atoms with Crippen LogP contribution in [0.25, 0.3) is 22.1 Å². The second-order valence-electron chi connectivity index (χ2n) is 7.98. The van der Waals surface area contributed by atoms with E-state index in [0.717, 1.165) is 17.6 Å². The fourth-order valence-electron chi connectivity index (χ4n) is 3.80. The van der Waals surface area contributed by atoms with E-state index in [1.165, 1.54) is 6.07 Å².